The first-order valence-electron chi connectivity index (χ1n) is 6.28. The van der Waals surface area contributed by atoms with Crippen LogP contribution in [0.3, 0.4) is 0 Å². The lowest BCUT2D eigenvalue weighted by atomic mass is 9.63. The molecule has 17 heavy (non-hydrogen) atoms. The Morgan fingerprint density at radius 1 is 1.29 bits per heavy atom. The van der Waals surface area contributed by atoms with E-state index in [1.807, 2.05) is 0 Å². The highest BCUT2D eigenvalue weighted by molar-refractivity contribution is 5.73. The van der Waals surface area contributed by atoms with Gasteiger partial charge in [0.25, 0.3) is 0 Å². The van der Waals surface area contributed by atoms with Gasteiger partial charge in [0.2, 0.25) is 0 Å². The zero-order valence-electron chi connectivity index (χ0n) is 10.8. The van der Waals surface area contributed by atoms with Crippen LogP contribution in [0.2, 0.25) is 0 Å². The van der Waals surface area contributed by atoms with Crippen molar-refractivity contribution in [3.8, 4) is 0 Å². The summed E-state index contributed by atoms with van der Waals surface area (Å²) >= 11 is 0. The molecule has 2 aliphatic rings. The average Bonchev–Trinajstić information content (AvgIpc) is 2.87. The highest BCUT2D eigenvalue weighted by Gasteiger charge is 2.68. The van der Waals surface area contributed by atoms with Crippen LogP contribution in [0.25, 0.3) is 0 Å². The Morgan fingerprint density at radius 2 is 1.88 bits per heavy atom. The van der Waals surface area contributed by atoms with Gasteiger partial charge in [-0.1, -0.05) is 20.8 Å². The van der Waals surface area contributed by atoms with E-state index in [0.717, 1.165) is 32.0 Å². The summed E-state index contributed by atoms with van der Waals surface area (Å²) in [7, 11) is 0. The molecular weight excluding hydrogens is 218 g/mol. The summed E-state index contributed by atoms with van der Waals surface area (Å²) in [4.78, 5) is 24.5. The van der Waals surface area contributed by atoms with Gasteiger partial charge in [0.05, 0.1) is 5.54 Å². The van der Waals surface area contributed by atoms with E-state index in [2.05, 4.69) is 20.8 Å². The van der Waals surface area contributed by atoms with Crippen molar-refractivity contribution in [3.63, 3.8) is 0 Å². The Bertz CT molecular complexity index is 354. The zero-order valence-corrected chi connectivity index (χ0v) is 10.8. The van der Waals surface area contributed by atoms with Crippen LogP contribution in [-0.4, -0.2) is 34.5 Å². The van der Waals surface area contributed by atoms with Crippen molar-refractivity contribution < 1.29 is 14.7 Å². The van der Waals surface area contributed by atoms with Crippen LogP contribution < -0.4 is 0 Å². The number of carbonyl (C=O) groups is 2. The van der Waals surface area contributed by atoms with Crippen LogP contribution in [0, 0.1) is 10.8 Å². The van der Waals surface area contributed by atoms with Gasteiger partial charge in [-0.15, -0.1) is 0 Å². The zero-order chi connectivity index (χ0) is 12.9. The minimum absolute atomic E-state index is 0.209. The van der Waals surface area contributed by atoms with E-state index >= 15 is 0 Å². The normalized spacial score (nSPS) is 31.4. The molecule has 4 heteroatoms. The highest BCUT2D eigenvalue weighted by atomic mass is 16.4. The molecule has 1 amide bonds. The van der Waals surface area contributed by atoms with Gasteiger partial charge in [-0.25, -0.2) is 4.79 Å². The standard InChI is InChI=1S/C13H21NO3/c1-11(2,3)13(12(9-15)6-7-12)5-4-8-14(13)10(16)17/h9H,4-8H2,1-3H3,(H,16,17)/t13-/m0/s1. The Kier molecular flexibility index (Phi) is 2.53. The average molecular weight is 239 g/mol. The smallest absolute Gasteiger partial charge is 0.407 e. The van der Waals surface area contributed by atoms with Crippen LogP contribution in [0.4, 0.5) is 4.79 Å². The molecule has 0 unspecified atom stereocenters. The second kappa shape index (κ2) is 3.47. The van der Waals surface area contributed by atoms with E-state index in [-0.39, 0.29) is 5.41 Å². The fourth-order valence-electron chi connectivity index (χ4n) is 3.89. The van der Waals surface area contributed by atoms with E-state index in [1.165, 1.54) is 4.90 Å². The largest absolute Gasteiger partial charge is 0.465 e. The number of aldehydes is 1. The van der Waals surface area contributed by atoms with Crippen molar-refractivity contribution in [2.75, 3.05) is 6.54 Å². The molecule has 0 spiro atoms. The Hall–Kier alpha value is -1.06. The first-order valence-corrected chi connectivity index (χ1v) is 6.28. The summed E-state index contributed by atoms with van der Waals surface area (Å²) < 4.78 is 0. The third kappa shape index (κ3) is 1.42. The third-order valence-corrected chi connectivity index (χ3v) is 4.69. The molecule has 0 aromatic heterocycles. The van der Waals surface area contributed by atoms with Gasteiger partial charge < -0.3 is 14.8 Å². The van der Waals surface area contributed by atoms with Gasteiger partial charge in [-0.2, -0.15) is 0 Å². The third-order valence-electron chi connectivity index (χ3n) is 4.69. The van der Waals surface area contributed by atoms with Gasteiger partial charge in [-0.05, 0) is 31.1 Å². The monoisotopic (exact) mass is 239 g/mol. The topological polar surface area (TPSA) is 57.6 Å². The second-order valence-electron chi connectivity index (χ2n) is 6.42. The van der Waals surface area contributed by atoms with Gasteiger partial charge in [0.1, 0.15) is 6.29 Å². The minimum atomic E-state index is -0.884. The van der Waals surface area contributed by atoms with Crippen LogP contribution in [0.5, 0.6) is 0 Å². The molecule has 2 rings (SSSR count). The Balaban J connectivity index is 2.52. The molecule has 1 aliphatic carbocycles. The first kappa shape index (κ1) is 12.4. The maximum absolute atomic E-state index is 11.5. The van der Waals surface area contributed by atoms with E-state index in [9.17, 15) is 14.7 Å². The van der Waals surface area contributed by atoms with Crippen LogP contribution in [0.1, 0.15) is 46.5 Å². The van der Waals surface area contributed by atoms with Gasteiger partial charge in [0.15, 0.2) is 0 Å². The maximum atomic E-state index is 11.5. The summed E-state index contributed by atoms with van der Waals surface area (Å²) in [6, 6.07) is 0. The lowest BCUT2D eigenvalue weighted by molar-refractivity contribution is -0.121. The molecule has 1 heterocycles. The SMILES string of the molecule is CC(C)(C)[C@]1(C2(C=O)CC2)CCCN1C(=O)O. The summed E-state index contributed by atoms with van der Waals surface area (Å²) in [5, 5.41) is 9.41. The molecular formula is C13H21NO3. The molecule has 0 aromatic rings. The Morgan fingerprint density at radius 3 is 2.24 bits per heavy atom. The van der Waals surface area contributed by atoms with Crippen molar-refractivity contribution in [3.05, 3.63) is 0 Å². The van der Waals surface area contributed by atoms with Crippen molar-refractivity contribution in [2.45, 2.75) is 52.0 Å². The van der Waals surface area contributed by atoms with E-state index in [1.54, 1.807) is 0 Å². The maximum Gasteiger partial charge on any atom is 0.407 e. The van der Waals surface area contributed by atoms with Crippen molar-refractivity contribution in [1.82, 2.24) is 4.90 Å². The quantitative estimate of drug-likeness (QED) is 0.753. The fourth-order valence-corrected chi connectivity index (χ4v) is 3.89. The molecule has 1 aliphatic heterocycles. The summed E-state index contributed by atoms with van der Waals surface area (Å²) in [5.74, 6) is 0. The van der Waals surface area contributed by atoms with E-state index in [0.29, 0.717) is 6.54 Å². The number of hydrogen-bond donors (Lipinski definition) is 1. The number of carbonyl (C=O) groups excluding carboxylic acids is 1. The number of nitrogens with zero attached hydrogens (tertiary/aromatic N) is 1. The number of carboxylic acid groups (broad SMARTS) is 1. The molecule has 0 bridgehead atoms. The summed E-state index contributed by atoms with van der Waals surface area (Å²) in [6.45, 7) is 6.72. The Labute approximate surface area is 102 Å². The molecule has 4 nitrogen and oxygen atoms in total. The summed E-state index contributed by atoms with van der Waals surface area (Å²) in [6.07, 6.45) is 3.46. The number of rotatable bonds is 2. The van der Waals surface area contributed by atoms with Gasteiger partial charge in [-0.3, -0.25) is 0 Å². The molecule has 1 saturated carbocycles. The molecule has 1 saturated heterocycles. The lowest BCUT2D eigenvalue weighted by Gasteiger charge is -2.51. The van der Waals surface area contributed by atoms with Crippen molar-refractivity contribution in [2.24, 2.45) is 10.8 Å². The molecule has 2 fully saturated rings. The van der Waals surface area contributed by atoms with Crippen LogP contribution >= 0.6 is 0 Å². The van der Waals surface area contributed by atoms with Crippen LogP contribution in [-0.2, 0) is 4.79 Å². The number of hydrogen-bond acceptors (Lipinski definition) is 2. The van der Waals surface area contributed by atoms with Crippen molar-refractivity contribution >= 4 is 12.4 Å². The lowest BCUT2D eigenvalue weighted by Crippen LogP contribution is -2.61. The van der Waals surface area contributed by atoms with Gasteiger partial charge in [0, 0.05) is 12.0 Å². The number of likely N-dealkylation sites (tertiary alicyclic amines) is 1. The van der Waals surface area contributed by atoms with Crippen molar-refractivity contribution in [1.29, 1.82) is 0 Å². The molecule has 1 N–H and O–H groups in total. The molecule has 96 valence electrons. The first-order chi connectivity index (χ1) is 7.81. The predicted molar refractivity (Wildman–Crippen MR) is 63.9 cm³/mol. The fraction of sp³-hybridized carbons (Fsp3) is 0.846. The summed E-state index contributed by atoms with van der Waals surface area (Å²) in [5.41, 5.74) is -1.15. The minimum Gasteiger partial charge on any atom is -0.465 e. The van der Waals surface area contributed by atoms with Gasteiger partial charge >= 0.3 is 6.09 Å². The predicted octanol–water partition coefficient (Wildman–Crippen LogP) is 2.52. The molecule has 0 radical (unpaired) electrons. The second-order valence-corrected chi connectivity index (χ2v) is 6.42. The van der Waals surface area contributed by atoms with E-state index < -0.39 is 17.0 Å². The molecule has 0 aromatic carbocycles. The van der Waals surface area contributed by atoms with E-state index in [4.69, 9.17) is 0 Å². The highest BCUT2D eigenvalue weighted by Crippen LogP contribution is 2.64. The van der Waals surface area contributed by atoms with Crippen LogP contribution in [0.15, 0.2) is 0 Å². The number of amides is 1. The molecule has 1 atom stereocenters.